The third-order valence-corrected chi connectivity index (χ3v) is 7.43. The van der Waals surface area contributed by atoms with Crippen molar-refractivity contribution in [2.75, 3.05) is 11.1 Å². The molecule has 0 saturated carbocycles. The fourth-order valence-electron chi connectivity index (χ4n) is 3.23. The lowest BCUT2D eigenvalue weighted by molar-refractivity contribution is -0.113. The number of halogens is 1. The Labute approximate surface area is 213 Å². The highest BCUT2D eigenvalue weighted by atomic mass is 79.9. The number of rotatable bonds is 11. The molecule has 174 valence electrons. The van der Waals surface area contributed by atoms with Gasteiger partial charge in [-0.05, 0) is 42.2 Å². The normalized spacial score (nSPS) is 11.1. The molecule has 1 N–H and O–H groups in total. The second kappa shape index (κ2) is 12.4. The Balaban J connectivity index is 1.59. The predicted octanol–water partition coefficient (Wildman–Crippen LogP) is 6.82. The Morgan fingerprint density at radius 1 is 1.18 bits per heavy atom. The zero-order valence-electron chi connectivity index (χ0n) is 19.2. The molecule has 0 fully saturated rings. The van der Waals surface area contributed by atoms with Crippen molar-refractivity contribution in [3.63, 3.8) is 0 Å². The molecule has 0 aliphatic carbocycles. The molecule has 3 rings (SSSR count). The Kier molecular flexibility index (Phi) is 9.64. The van der Waals surface area contributed by atoms with Crippen molar-refractivity contribution in [2.24, 2.45) is 0 Å². The third-order valence-electron chi connectivity index (χ3n) is 4.97. The number of carbonyl (C=O) groups excluding carboxylic acids is 1. The number of anilines is 1. The summed E-state index contributed by atoms with van der Waals surface area (Å²) in [6.45, 7) is 10.8. The minimum atomic E-state index is -0.0623. The molecule has 0 unspecified atom stereocenters. The third kappa shape index (κ3) is 7.48. The van der Waals surface area contributed by atoms with E-state index in [0.717, 1.165) is 38.2 Å². The van der Waals surface area contributed by atoms with Gasteiger partial charge in [0.15, 0.2) is 5.16 Å². The number of aromatic nitrogens is 3. The summed E-state index contributed by atoms with van der Waals surface area (Å²) in [5, 5.41) is 12.5. The predicted molar refractivity (Wildman–Crippen MR) is 144 cm³/mol. The first kappa shape index (κ1) is 25.6. The second-order valence-electron chi connectivity index (χ2n) is 8.00. The van der Waals surface area contributed by atoms with Gasteiger partial charge in [-0.1, -0.05) is 77.4 Å². The second-order valence-corrected chi connectivity index (χ2v) is 10.8. The van der Waals surface area contributed by atoms with Crippen molar-refractivity contribution >= 4 is 51.0 Å². The van der Waals surface area contributed by atoms with Gasteiger partial charge in [0, 0.05) is 22.5 Å². The number of amides is 1. The van der Waals surface area contributed by atoms with Gasteiger partial charge in [0.25, 0.3) is 0 Å². The van der Waals surface area contributed by atoms with E-state index in [1.165, 1.54) is 22.9 Å². The zero-order valence-corrected chi connectivity index (χ0v) is 22.4. The molecule has 1 amide bonds. The van der Waals surface area contributed by atoms with Crippen LogP contribution in [0.2, 0.25) is 0 Å². The fraction of sp³-hybridized carbons (Fsp3) is 0.320. The van der Waals surface area contributed by atoms with Crippen LogP contribution in [0.5, 0.6) is 0 Å². The summed E-state index contributed by atoms with van der Waals surface area (Å²) in [5.41, 5.74) is 4.51. The van der Waals surface area contributed by atoms with Gasteiger partial charge in [-0.15, -0.1) is 28.5 Å². The average molecular weight is 546 g/mol. The topological polar surface area (TPSA) is 59.8 Å². The molecule has 0 bridgehead atoms. The molecule has 2 aromatic carbocycles. The van der Waals surface area contributed by atoms with Crippen LogP contribution < -0.4 is 5.32 Å². The summed E-state index contributed by atoms with van der Waals surface area (Å²) in [6, 6.07) is 14.5. The lowest BCUT2D eigenvalue weighted by Gasteiger charge is -2.14. The molecule has 8 heteroatoms. The van der Waals surface area contributed by atoms with E-state index in [2.05, 4.69) is 89.1 Å². The summed E-state index contributed by atoms with van der Waals surface area (Å²) < 4.78 is 3.04. The first-order valence-electron chi connectivity index (χ1n) is 10.8. The zero-order chi connectivity index (χ0) is 23.8. The molecule has 0 aliphatic heterocycles. The number of nitrogens with zero attached hydrogens (tertiary/aromatic N) is 3. The van der Waals surface area contributed by atoms with Crippen molar-refractivity contribution in [2.45, 2.75) is 49.9 Å². The number of hydrogen-bond donors (Lipinski definition) is 1. The summed E-state index contributed by atoms with van der Waals surface area (Å²) in [4.78, 5) is 12.6. The molecular weight excluding hydrogens is 516 g/mol. The van der Waals surface area contributed by atoms with E-state index in [1.54, 1.807) is 11.8 Å². The van der Waals surface area contributed by atoms with E-state index in [4.69, 9.17) is 0 Å². The largest absolute Gasteiger partial charge is 0.325 e. The highest BCUT2D eigenvalue weighted by Crippen LogP contribution is 2.28. The average Bonchev–Trinajstić information content (AvgIpc) is 3.16. The summed E-state index contributed by atoms with van der Waals surface area (Å²) in [7, 11) is 0. The van der Waals surface area contributed by atoms with Crippen molar-refractivity contribution in [3.05, 3.63) is 82.1 Å². The van der Waals surface area contributed by atoms with E-state index >= 15 is 0 Å². The number of benzene rings is 2. The quantitative estimate of drug-likeness (QED) is 0.212. The SMILES string of the molecule is C=CCn1c(CSCc2ccc(C)cc2)nnc1SCC(=O)Nc1ccc(Br)cc1C(C)C. The molecule has 5 nitrogen and oxygen atoms in total. The Morgan fingerprint density at radius 3 is 2.64 bits per heavy atom. The van der Waals surface area contributed by atoms with E-state index in [1.807, 2.05) is 22.8 Å². The van der Waals surface area contributed by atoms with E-state index < -0.39 is 0 Å². The van der Waals surface area contributed by atoms with Gasteiger partial charge < -0.3 is 9.88 Å². The fourth-order valence-corrected chi connectivity index (χ4v) is 5.30. The Bertz CT molecular complexity index is 1100. The van der Waals surface area contributed by atoms with Crippen LogP contribution in [-0.2, 0) is 22.8 Å². The van der Waals surface area contributed by atoms with Crippen molar-refractivity contribution < 1.29 is 4.79 Å². The van der Waals surface area contributed by atoms with Gasteiger partial charge in [0.2, 0.25) is 5.91 Å². The highest BCUT2D eigenvalue weighted by Gasteiger charge is 2.15. The molecule has 0 atom stereocenters. The molecule has 3 aromatic rings. The van der Waals surface area contributed by atoms with Crippen LogP contribution in [0.3, 0.4) is 0 Å². The number of carbonyl (C=O) groups is 1. The van der Waals surface area contributed by atoms with Crippen LogP contribution in [0, 0.1) is 6.92 Å². The molecule has 1 heterocycles. The maximum absolute atomic E-state index is 12.6. The van der Waals surface area contributed by atoms with Crippen LogP contribution in [-0.4, -0.2) is 26.4 Å². The standard InChI is InChI=1S/C25H29BrN4OS2/c1-5-12-30-23(15-32-14-19-8-6-18(4)7-9-19)28-29-25(30)33-16-24(31)27-22-11-10-20(26)13-21(22)17(2)3/h5-11,13,17H,1,12,14-16H2,2-4H3,(H,27,31). The van der Waals surface area contributed by atoms with Gasteiger partial charge in [-0.25, -0.2) is 0 Å². The highest BCUT2D eigenvalue weighted by molar-refractivity contribution is 9.10. The first-order valence-corrected chi connectivity index (χ1v) is 13.7. The molecule has 33 heavy (non-hydrogen) atoms. The van der Waals surface area contributed by atoms with Crippen LogP contribution in [0.25, 0.3) is 0 Å². The van der Waals surface area contributed by atoms with Gasteiger partial charge in [-0.2, -0.15) is 0 Å². The Morgan fingerprint density at radius 2 is 1.94 bits per heavy atom. The number of nitrogens with one attached hydrogen (secondary N) is 1. The monoisotopic (exact) mass is 544 g/mol. The molecule has 0 radical (unpaired) electrons. The number of aryl methyl sites for hydroxylation is 1. The van der Waals surface area contributed by atoms with Crippen molar-refractivity contribution in [1.82, 2.24) is 14.8 Å². The van der Waals surface area contributed by atoms with Crippen molar-refractivity contribution in [3.8, 4) is 0 Å². The first-order chi connectivity index (χ1) is 15.9. The molecule has 0 aliphatic rings. The van der Waals surface area contributed by atoms with Crippen LogP contribution >= 0.6 is 39.5 Å². The summed E-state index contributed by atoms with van der Waals surface area (Å²) in [5.74, 6) is 3.06. The lowest BCUT2D eigenvalue weighted by Crippen LogP contribution is -2.16. The molecule has 0 spiro atoms. The maximum atomic E-state index is 12.6. The van der Waals surface area contributed by atoms with Crippen molar-refractivity contribution in [1.29, 1.82) is 0 Å². The number of allylic oxidation sites excluding steroid dienone is 1. The van der Waals surface area contributed by atoms with Crippen LogP contribution in [0.4, 0.5) is 5.69 Å². The number of thioether (sulfide) groups is 2. The minimum Gasteiger partial charge on any atom is -0.325 e. The van der Waals surface area contributed by atoms with E-state index in [0.29, 0.717) is 12.5 Å². The molecule has 0 saturated heterocycles. The van der Waals surface area contributed by atoms with Crippen LogP contribution in [0.15, 0.2) is 64.7 Å². The maximum Gasteiger partial charge on any atom is 0.234 e. The van der Waals surface area contributed by atoms with Gasteiger partial charge in [0.1, 0.15) is 5.82 Å². The summed E-state index contributed by atoms with van der Waals surface area (Å²) in [6.07, 6.45) is 1.83. The smallest absolute Gasteiger partial charge is 0.234 e. The Hall–Kier alpha value is -2.03. The molecular formula is C25H29BrN4OS2. The van der Waals surface area contributed by atoms with Gasteiger partial charge in [-0.3, -0.25) is 4.79 Å². The summed E-state index contributed by atoms with van der Waals surface area (Å²) >= 11 is 6.70. The van der Waals surface area contributed by atoms with Gasteiger partial charge >= 0.3 is 0 Å². The van der Waals surface area contributed by atoms with E-state index in [9.17, 15) is 4.79 Å². The van der Waals surface area contributed by atoms with E-state index in [-0.39, 0.29) is 11.7 Å². The number of hydrogen-bond acceptors (Lipinski definition) is 5. The molecule has 1 aromatic heterocycles. The minimum absolute atomic E-state index is 0.0623. The van der Waals surface area contributed by atoms with Crippen LogP contribution in [0.1, 0.15) is 42.3 Å². The van der Waals surface area contributed by atoms with Gasteiger partial charge in [0.05, 0.1) is 11.5 Å². The lowest BCUT2D eigenvalue weighted by atomic mass is 10.0.